The molecule has 3 nitrogen and oxygen atoms in total. The third kappa shape index (κ3) is 1.96. The van der Waals surface area contributed by atoms with Crippen molar-refractivity contribution in [2.75, 3.05) is 0 Å². The molecule has 0 radical (unpaired) electrons. The highest BCUT2D eigenvalue weighted by Gasteiger charge is 2.07. The minimum absolute atomic E-state index is 0.707. The molecule has 0 unspecified atom stereocenters. The van der Waals surface area contributed by atoms with Gasteiger partial charge >= 0.3 is 0 Å². The molecule has 0 spiro atoms. The summed E-state index contributed by atoms with van der Waals surface area (Å²) in [5.41, 5.74) is 5.41. The Morgan fingerprint density at radius 2 is 2.00 bits per heavy atom. The molecule has 2 heterocycles. The van der Waals surface area contributed by atoms with Crippen LogP contribution in [-0.4, -0.2) is 14.5 Å². The van der Waals surface area contributed by atoms with Crippen molar-refractivity contribution in [3.8, 4) is 5.69 Å². The minimum atomic E-state index is 0.707. The molecule has 0 saturated carbocycles. The highest BCUT2D eigenvalue weighted by atomic mass is 32.1. The van der Waals surface area contributed by atoms with Crippen LogP contribution in [0.5, 0.6) is 0 Å². The van der Waals surface area contributed by atoms with Gasteiger partial charge in [-0.2, -0.15) is 0 Å². The van der Waals surface area contributed by atoms with Crippen LogP contribution in [-0.2, 0) is 0 Å². The van der Waals surface area contributed by atoms with Crippen molar-refractivity contribution in [3.63, 3.8) is 0 Å². The number of hydrogen-bond donors (Lipinski definition) is 1. The van der Waals surface area contributed by atoms with Crippen molar-refractivity contribution < 1.29 is 0 Å². The molecular weight excluding hydrogens is 278 g/mol. The third-order valence-electron chi connectivity index (χ3n) is 3.68. The van der Waals surface area contributed by atoms with Crippen LogP contribution in [0.2, 0.25) is 0 Å². The fraction of sp³-hybridized carbons (Fsp3) is 0.0588. The van der Waals surface area contributed by atoms with E-state index in [4.69, 9.17) is 12.2 Å². The van der Waals surface area contributed by atoms with Gasteiger partial charge in [-0.15, -0.1) is 0 Å². The Hall–Kier alpha value is -2.46. The molecule has 0 saturated heterocycles. The summed E-state index contributed by atoms with van der Waals surface area (Å²) in [5, 5.41) is 1.11. The van der Waals surface area contributed by atoms with E-state index >= 15 is 0 Å². The number of nitrogens with zero attached hydrogens (tertiary/aromatic N) is 2. The number of rotatable bonds is 1. The van der Waals surface area contributed by atoms with Gasteiger partial charge in [-0.05, 0) is 61.1 Å². The lowest BCUT2D eigenvalue weighted by atomic mass is 10.2. The molecule has 0 aliphatic rings. The van der Waals surface area contributed by atoms with Gasteiger partial charge < -0.3 is 4.98 Å². The second-order valence-electron chi connectivity index (χ2n) is 5.17. The summed E-state index contributed by atoms with van der Waals surface area (Å²) in [6.45, 7) is 2.09. The lowest BCUT2D eigenvalue weighted by Gasteiger charge is -2.06. The highest BCUT2D eigenvalue weighted by Crippen LogP contribution is 2.23. The van der Waals surface area contributed by atoms with E-state index in [-0.39, 0.29) is 0 Å². The van der Waals surface area contributed by atoms with E-state index in [0.717, 1.165) is 27.6 Å². The fourth-order valence-electron chi connectivity index (χ4n) is 2.67. The molecule has 0 atom stereocenters. The van der Waals surface area contributed by atoms with Crippen molar-refractivity contribution >= 4 is 34.2 Å². The topological polar surface area (TPSA) is 33.6 Å². The molecule has 0 amide bonds. The van der Waals surface area contributed by atoms with Gasteiger partial charge in [-0.25, -0.2) is 0 Å². The van der Waals surface area contributed by atoms with E-state index in [1.54, 1.807) is 0 Å². The van der Waals surface area contributed by atoms with Crippen molar-refractivity contribution in [3.05, 3.63) is 65.1 Å². The number of imidazole rings is 1. The standard InChI is InChI=1S/C17H13N3S/c1-11-4-6-15-16(9-11)20(17(21)19-15)13-5-7-14-12(10-13)3-2-8-18-14/h2-10H,1H3,(H,19,21). The Morgan fingerprint density at radius 3 is 2.90 bits per heavy atom. The SMILES string of the molecule is Cc1ccc2[nH]c(=S)n(-c3ccc4ncccc4c3)c2c1. The molecule has 0 aliphatic heterocycles. The van der Waals surface area contributed by atoms with Crippen molar-refractivity contribution in [1.29, 1.82) is 0 Å². The number of aromatic amines is 1. The van der Waals surface area contributed by atoms with Crippen LogP contribution in [0.4, 0.5) is 0 Å². The first-order valence-corrected chi connectivity index (χ1v) is 7.20. The van der Waals surface area contributed by atoms with Crippen LogP contribution in [0.15, 0.2) is 54.7 Å². The molecular formula is C17H13N3S. The number of hydrogen-bond acceptors (Lipinski definition) is 2. The number of aryl methyl sites for hydroxylation is 1. The maximum atomic E-state index is 5.49. The first-order chi connectivity index (χ1) is 10.2. The lowest BCUT2D eigenvalue weighted by Crippen LogP contribution is -1.94. The van der Waals surface area contributed by atoms with E-state index in [0.29, 0.717) is 4.77 Å². The van der Waals surface area contributed by atoms with Gasteiger partial charge in [0.15, 0.2) is 4.77 Å². The van der Waals surface area contributed by atoms with Crippen LogP contribution >= 0.6 is 12.2 Å². The molecule has 4 heteroatoms. The number of benzene rings is 2. The Balaban J connectivity index is 2.05. The molecule has 102 valence electrons. The smallest absolute Gasteiger partial charge is 0.182 e. The minimum Gasteiger partial charge on any atom is -0.330 e. The normalized spacial score (nSPS) is 11.3. The second kappa shape index (κ2) is 4.53. The summed E-state index contributed by atoms with van der Waals surface area (Å²) in [6.07, 6.45) is 1.81. The number of aromatic nitrogens is 3. The van der Waals surface area contributed by atoms with E-state index in [9.17, 15) is 0 Å². The zero-order valence-corrected chi connectivity index (χ0v) is 12.3. The van der Waals surface area contributed by atoms with Crippen LogP contribution in [0.25, 0.3) is 27.6 Å². The number of fused-ring (bicyclic) bond motifs is 2. The maximum absolute atomic E-state index is 5.49. The van der Waals surface area contributed by atoms with E-state index in [2.05, 4.69) is 57.9 Å². The van der Waals surface area contributed by atoms with Gasteiger partial charge in [-0.1, -0.05) is 12.1 Å². The molecule has 21 heavy (non-hydrogen) atoms. The van der Waals surface area contributed by atoms with Crippen LogP contribution in [0.3, 0.4) is 0 Å². The van der Waals surface area contributed by atoms with E-state index in [1.165, 1.54) is 5.56 Å². The largest absolute Gasteiger partial charge is 0.330 e. The van der Waals surface area contributed by atoms with Crippen molar-refractivity contribution in [1.82, 2.24) is 14.5 Å². The zero-order chi connectivity index (χ0) is 14.4. The monoisotopic (exact) mass is 291 g/mol. The van der Waals surface area contributed by atoms with Crippen LogP contribution < -0.4 is 0 Å². The molecule has 0 fully saturated rings. The predicted octanol–water partition coefficient (Wildman–Crippen LogP) is 4.54. The van der Waals surface area contributed by atoms with Gasteiger partial charge in [0.2, 0.25) is 0 Å². The average molecular weight is 291 g/mol. The Morgan fingerprint density at radius 1 is 1.10 bits per heavy atom. The number of H-pyrrole nitrogens is 1. The Labute approximate surface area is 126 Å². The van der Waals surface area contributed by atoms with Gasteiger partial charge in [0.1, 0.15) is 0 Å². The van der Waals surface area contributed by atoms with Crippen molar-refractivity contribution in [2.24, 2.45) is 0 Å². The molecule has 4 rings (SSSR count). The zero-order valence-electron chi connectivity index (χ0n) is 11.5. The molecule has 4 aromatic rings. The lowest BCUT2D eigenvalue weighted by molar-refractivity contribution is 1.07. The molecule has 2 aromatic carbocycles. The number of nitrogens with one attached hydrogen (secondary N) is 1. The Kier molecular flexibility index (Phi) is 2.65. The molecule has 2 aromatic heterocycles. The van der Waals surface area contributed by atoms with Gasteiger partial charge in [0, 0.05) is 17.3 Å². The molecule has 0 bridgehead atoms. The second-order valence-corrected chi connectivity index (χ2v) is 5.55. The summed E-state index contributed by atoms with van der Waals surface area (Å²) in [6, 6.07) is 16.5. The Bertz CT molecular complexity index is 1030. The molecule has 0 aliphatic carbocycles. The van der Waals surface area contributed by atoms with E-state index < -0.39 is 0 Å². The first-order valence-electron chi connectivity index (χ1n) is 6.79. The van der Waals surface area contributed by atoms with Gasteiger partial charge in [-0.3, -0.25) is 9.55 Å². The van der Waals surface area contributed by atoms with Gasteiger partial charge in [0.25, 0.3) is 0 Å². The fourth-order valence-corrected chi connectivity index (χ4v) is 2.99. The third-order valence-corrected chi connectivity index (χ3v) is 3.97. The number of pyridine rings is 1. The average Bonchev–Trinajstić information content (AvgIpc) is 2.82. The summed E-state index contributed by atoms with van der Waals surface area (Å²) in [7, 11) is 0. The summed E-state index contributed by atoms with van der Waals surface area (Å²) in [4.78, 5) is 7.62. The first kappa shape index (κ1) is 12.3. The quantitative estimate of drug-likeness (QED) is 0.522. The predicted molar refractivity (Wildman–Crippen MR) is 88.5 cm³/mol. The van der Waals surface area contributed by atoms with Crippen LogP contribution in [0, 0.1) is 11.7 Å². The summed E-state index contributed by atoms with van der Waals surface area (Å²) >= 11 is 5.49. The summed E-state index contributed by atoms with van der Waals surface area (Å²) < 4.78 is 2.78. The van der Waals surface area contributed by atoms with E-state index in [1.807, 2.05) is 18.3 Å². The van der Waals surface area contributed by atoms with Gasteiger partial charge in [0.05, 0.1) is 16.6 Å². The molecule has 1 N–H and O–H groups in total. The van der Waals surface area contributed by atoms with Crippen LogP contribution in [0.1, 0.15) is 5.56 Å². The van der Waals surface area contributed by atoms with Crippen molar-refractivity contribution in [2.45, 2.75) is 6.92 Å². The summed E-state index contributed by atoms with van der Waals surface area (Å²) in [5.74, 6) is 0. The maximum Gasteiger partial charge on any atom is 0.182 e. The highest BCUT2D eigenvalue weighted by molar-refractivity contribution is 7.71.